The van der Waals surface area contributed by atoms with Gasteiger partial charge < -0.3 is 11.1 Å². The number of benzene rings is 1. The van der Waals surface area contributed by atoms with Gasteiger partial charge in [0.05, 0.1) is 11.1 Å². The number of rotatable bonds is 1. The number of nitrogens with two attached hydrogens (primary N) is 1. The van der Waals surface area contributed by atoms with Crippen molar-refractivity contribution in [3.05, 3.63) is 29.3 Å². The Balaban J connectivity index is 1.95. The van der Waals surface area contributed by atoms with E-state index in [1.54, 1.807) is 18.2 Å². The van der Waals surface area contributed by atoms with E-state index in [4.69, 9.17) is 5.73 Å². The quantitative estimate of drug-likeness (QED) is 0.583. The summed E-state index contributed by atoms with van der Waals surface area (Å²) in [5, 5.41) is 3.29. The number of fused-ring (bicyclic) bond motifs is 1. The van der Waals surface area contributed by atoms with E-state index in [9.17, 15) is 9.59 Å². The van der Waals surface area contributed by atoms with Crippen molar-refractivity contribution in [2.24, 2.45) is 0 Å². The summed E-state index contributed by atoms with van der Waals surface area (Å²) >= 11 is 0. The molecule has 2 aliphatic rings. The molecule has 19 heavy (non-hydrogen) atoms. The number of nitrogen functional groups attached to an aromatic ring is 1. The molecule has 1 aromatic carbocycles. The second-order valence-corrected chi connectivity index (χ2v) is 5.08. The van der Waals surface area contributed by atoms with E-state index in [1.807, 2.05) is 0 Å². The molecular weight excluding hydrogens is 242 g/mol. The Kier molecular flexibility index (Phi) is 2.98. The van der Waals surface area contributed by atoms with Gasteiger partial charge in [-0.05, 0) is 44.5 Å². The van der Waals surface area contributed by atoms with Gasteiger partial charge >= 0.3 is 0 Å². The molecule has 0 saturated carbocycles. The molecule has 0 bridgehead atoms. The molecule has 3 N–H and O–H groups in total. The molecule has 2 amide bonds. The second-order valence-electron chi connectivity index (χ2n) is 5.08. The topological polar surface area (TPSA) is 75.4 Å². The van der Waals surface area contributed by atoms with Crippen molar-refractivity contribution >= 4 is 17.5 Å². The van der Waals surface area contributed by atoms with Crippen molar-refractivity contribution in [1.29, 1.82) is 0 Å². The number of carbonyl (C=O) groups excluding carboxylic acids is 2. The molecular formula is C14H17N3O2. The van der Waals surface area contributed by atoms with Crippen LogP contribution in [0.2, 0.25) is 0 Å². The molecule has 1 saturated heterocycles. The van der Waals surface area contributed by atoms with E-state index in [0.29, 0.717) is 16.8 Å². The van der Waals surface area contributed by atoms with Gasteiger partial charge in [-0.25, -0.2) is 0 Å². The van der Waals surface area contributed by atoms with Crippen LogP contribution in [0.25, 0.3) is 0 Å². The highest BCUT2D eigenvalue weighted by atomic mass is 16.2. The Morgan fingerprint density at radius 2 is 2.00 bits per heavy atom. The van der Waals surface area contributed by atoms with Crippen LogP contribution in [-0.4, -0.2) is 35.8 Å². The summed E-state index contributed by atoms with van der Waals surface area (Å²) in [4.78, 5) is 26.3. The Hall–Kier alpha value is -1.88. The number of amides is 2. The molecule has 100 valence electrons. The molecule has 0 radical (unpaired) electrons. The van der Waals surface area contributed by atoms with E-state index in [-0.39, 0.29) is 17.9 Å². The molecule has 1 atom stereocenters. The first-order chi connectivity index (χ1) is 9.20. The summed E-state index contributed by atoms with van der Waals surface area (Å²) in [5.41, 5.74) is 7.05. The number of hydrogen-bond acceptors (Lipinski definition) is 4. The Labute approximate surface area is 111 Å². The zero-order chi connectivity index (χ0) is 13.4. The van der Waals surface area contributed by atoms with Gasteiger partial charge in [0.1, 0.15) is 0 Å². The highest BCUT2D eigenvalue weighted by Crippen LogP contribution is 2.31. The van der Waals surface area contributed by atoms with Crippen LogP contribution < -0.4 is 11.1 Å². The fraction of sp³-hybridized carbons (Fsp3) is 0.429. The maximum Gasteiger partial charge on any atom is 0.263 e. The Bertz CT molecular complexity index is 533. The monoisotopic (exact) mass is 259 g/mol. The van der Waals surface area contributed by atoms with Crippen LogP contribution in [0, 0.1) is 0 Å². The number of imide groups is 1. The molecule has 0 aromatic heterocycles. The van der Waals surface area contributed by atoms with Crippen LogP contribution in [0.15, 0.2) is 18.2 Å². The fourth-order valence-corrected chi connectivity index (χ4v) is 2.92. The Morgan fingerprint density at radius 1 is 1.16 bits per heavy atom. The number of anilines is 1. The minimum absolute atomic E-state index is 0.0122. The summed E-state index contributed by atoms with van der Waals surface area (Å²) in [6, 6.07) is 5.06. The van der Waals surface area contributed by atoms with Gasteiger partial charge in [-0.15, -0.1) is 0 Å². The van der Waals surface area contributed by atoms with Gasteiger partial charge in [-0.2, -0.15) is 0 Å². The molecule has 5 nitrogen and oxygen atoms in total. The largest absolute Gasteiger partial charge is 0.398 e. The van der Waals surface area contributed by atoms with E-state index >= 15 is 0 Å². The van der Waals surface area contributed by atoms with Crippen LogP contribution in [0.3, 0.4) is 0 Å². The predicted molar refractivity (Wildman–Crippen MR) is 71.9 cm³/mol. The summed E-state index contributed by atoms with van der Waals surface area (Å²) in [6.45, 7) is 1.79. The SMILES string of the molecule is Nc1cccc2c1C(=O)N(C1CCCNCC1)C2=O. The maximum atomic E-state index is 12.4. The summed E-state index contributed by atoms with van der Waals surface area (Å²) < 4.78 is 0. The normalized spacial score (nSPS) is 23.4. The Morgan fingerprint density at radius 3 is 2.79 bits per heavy atom. The summed E-state index contributed by atoms with van der Waals surface area (Å²) in [6.07, 6.45) is 2.65. The molecule has 1 fully saturated rings. The van der Waals surface area contributed by atoms with Crippen LogP contribution in [0.1, 0.15) is 40.0 Å². The minimum atomic E-state index is -0.231. The van der Waals surface area contributed by atoms with Crippen molar-refractivity contribution in [2.45, 2.75) is 25.3 Å². The van der Waals surface area contributed by atoms with E-state index in [2.05, 4.69) is 5.32 Å². The molecule has 2 heterocycles. The van der Waals surface area contributed by atoms with Crippen LogP contribution >= 0.6 is 0 Å². The molecule has 1 aromatic rings. The van der Waals surface area contributed by atoms with Crippen LogP contribution in [0.4, 0.5) is 5.69 Å². The average Bonchev–Trinajstić information content (AvgIpc) is 2.61. The van der Waals surface area contributed by atoms with Gasteiger partial charge in [0, 0.05) is 11.7 Å². The van der Waals surface area contributed by atoms with Crippen molar-refractivity contribution in [1.82, 2.24) is 10.2 Å². The second kappa shape index (κ2) is 4.66. The first-order valence-electron chi connectivity index (χ1n) is 6.67. The molecule has 0 aliphatic carbocycles. The highest BCUT2D eigenvalue weighted by molar-refractivity contribution is 6.23. The van der Waals surface area contributed by atoms with Gasteiger partial charge in [0.25, 0.3) is 11.8 Å². The molecule has 1 unspecified atom stereocenters. The predicted octanol–water partition coefficient (Wildman–Crippen LogP) is 1.01. The molecule has 5 heteroatoms. The number of nitrogens with one attached hydrogen (secondary N) is 1. The van der Waals surface area contributed by atoms with Crippen molar-refractivity contribution in [3.8, 4) is 0 Å². The summed E-state index contributed by atoms with van der Waals surface area (Å²) in [5.74, 6) is -0.427. The number of hydrogen-bond donors (Lipinski definition) is 2. The standard InChI is InChI=1S/C14H17N3O2/c15-11-5-1-4-10-12(11)14(19)17(13(10)18)9-3-2-7-16-8-6-9/h1,4-5,9,16H,2-3,6-8,15H2. The minimum Gasteiger partial charge on any atom is -0.398 e. The first kappa shape index (κ1) is 12.2. The third kappa shape index (κ3) is 1.90. The van der Waals surface area contributed by atoms with E-state index < -0.39 is 0 Å². The smallest absolute Gasteiger partial charge is 0.263 e. The fourth-order valence-electron chi connectivity index (χ4n) is 2.92. The van der Waals surface area contributed by atoms with Gasteiger partial charge in [-0.1, -0.05) is 6.07 Å². The van der Waals surface area contributed by atoms with Crippen molar-refractivity contribution in [2.75, 3.05) is 18.8 Å². The van der Waals surface area contributed by atoms with Crippen LogP contribution in [0.5, 0.6) is 0 Å². The number of carbonyl (C=O) groups is 2. The lowest BCUT2D eigenvalue weighted by atomic mass is 10.1. The molecule has 0 spiro atoms. The number of nitrogens with zero attached hydrogens (tertiary/aromatic N) is 1. The summed E-state index contributed by atoms with van der Waals surface area (Å²) in [7, 11) is 0. The van der Waals surface area contributed by atoms with Gasteiger partial charge in [-0.3, -0.25) is 14.5 Å². The van der Waals surface area contributed by atoms with Crippen molar-refractivity contribution in [3.63, 3.8) is 0 Å². The van der Waals surface area contributed by atoms with E-state index in [1.165, 1.54) is 4.90 Å². The molecule has 3 rings (SSSR count). The third-order valence-electron chi connectivity index (χ3n) is 3.89. The van der Waals surface area contributed by atoms with E-state index in [0.717, 1.165) is 32.4 Å². The lowest BCUT2D eigenvalue weighted by molar-refractivity contribution is 0.0573. The van der Waals surface area contributed by atoms with Crippen LogP contribution in [-0.2, 0) is 0 Å². The average molecular weight is 259 g/mol. The third-order valence-corrected chi connectivity index (χ3v) is 3.89. The lowest BCUT2D eigenvalue weighted by Gasteiger charge is -2.24. The molecule has 2 aliphatic heterocycles. The zero-order valence-electron chi connectivity index (χ0n) is 10.7. The van der Waals surface area contributed by atoms with Gasteiger partial charge in [0.2, 0.25) is 0 Å². The van der Waals surface area contributed by atoms with Crippen molar-refractivity contribution < 1.29 is 9.59 Å². The highest BCUT2D eigenvalue weighted by Gasteiger charge is 2.40. The maximum absolute atomic E-state index is 12.4. The lowest BCUT2D eigenvalue weighted by Crippen LogP contribution is -2.40. The zero-order valence-corrected chi connectivity index (χ0v) is 10.7. The van der Waals surface area contributed by atoms with Gasteiger partial charge in [0.15, 0.2) is 0 Å². The first-order valence-corrected chi connectivity index (χ1v) is 6.67.